The van der Waals surface area contributed by atoms with Crippen LogP contribution in [0.5, 0.6) is 0 Å². The number of nitrogens with zero attached hydrogens (tertiary/aromatic N) is 2. The number of fused-ring (bicyclic) bond motifs is 7. The highest BCUT2D eigenvalue weighted by Gasteiger charge is 2.25. The fourth-order valence-corrected chi connectivity index (χ4v) is 11.4. The van der Waals surface area contributed by atoms with Gasteiger partial charge in [-0.15, -0.1) is 0 Å². The quantitative estimate of drug-likeness (QED) is 0.151. The number of benzene rings is 11. The highest BCUT2D eigenvalue weighted by atomic mass is 16.3. The summed E-state index contributed by atoms with van der Waals surface area (Å²) in [5, 5.41) is 7.18. The summed E-state index contributed by atoms with van der Waals surface area (Å²) in [4.78, 5) is 2.44. The molecule has 75 heavy (non-hydrogen) atoms. The summed E-state index contributed by atoms with van der Waals surface area (Å²) in [6.07, 6.45) is 0. The fraction of sp³-hybridized carbons (Fsp3) is 0.111. The van der Waals surface area contributed by atoms with E-state index in [1.54, 1.807) is 0 Å². The van der Waals surface area contributed by atoms with Gasteiger partial charge in [0, 0.05) is 49.7 Å². The molecule has 0 aliphatic heterocycles. The van der Waals surface area contributed by atoms with Crippen LogP contribution in [0.4, 0.5) is 17.1 Å². The predicted molar refractivity (Wildman–Crippen MR) is 319 cm³/mol. The zero-order chi connectivity index (χ0) is 51.0. The van der Waals surface area contributed by atoms with Gasteiger partial charge in [0.1, 0.15) is 11.2 Å². The normalized spacial score (nSPS) is 12.1. The maximum atomic E-state index is 6.55. The van der Waals surface area contributed by atoms with Crippen LogP contribution < -0.4 is 4.90 Å². The number of para-hydroxylation sites is 5. The highest BCUT2D eigenvalue weighted by molar-refractivity contribution is 6.16. The van der Waals surface area contributed by atoms with Crippen molar-refractivity contribution in [2.24, 2.45) is 0 Å². The van der Waals surface area contributed by atoms with E-state index < -0.39 is 0 Å². The van der Waals surface area contributed by atoms with Crippen LogP contribution in [0.3, 0.4) is 0 Å². The Labute approximate surface area is 439 Å². The SMILES string of the molecule is CC(C)(C)c1cc(-c2cccc3cccc(-c4ccccc4N(c4ccc(-c5cccc6c5oc5ccccc56)cc4)c4ccc(-c5cccc6c5c5ccccc5n6-c5ccccc5)cc4)c23)cc(C(C)(C)C)c1. The summed E-state index contributed by atoms with van der Waals surface area (Å²) in [6.45, 7) is 13.9. The molecule has 0 aliphatic rings. The van der Waals surface area contributed by atoms with Crippen LogP contribution in [0, 0.1) is 0 Å². The average molecular weight is 967 g/mol. The Hall–Kier alpha value is -8.92. The maximum absolute atomic E-state index is 6.55. The molecule has 3 heteroatoms. The molecule has 0 atom stereocenters. The zero-order valence-electron chi connectivity index (χ0n) is 43.4. The topological polar surface area (TPSA) is 21.3 Å². The van der Waals surface area contributed by atoms with Crippen LogP contribution in [0.1, 0.15) is 52.7 Å². The molecule has 13 aromatic rings. The van der Waals surface area contributed by atoms with E-state index in [9.17, 15) is 0 Å². The third-order valence-electron chi connectivity index (χ3n) is 15.3. The summed E-state index contributed by atoms with van der Waals surface area (Å²) in [5.41, 5.74) is 20.5. The molecule has 362 valence electrons. The molecule has 3 nitrogen and oxygen atoms in total. The first-order chi connectivity index (χ1) is 36.5. The Morgan fingerprint density at radius 3 is 1.56 bits per heavy atom. The first-order valence-corrected chi connectivity index (χ1v) is 26.2. The molecule has 0 amide bonds. The summed E-state index contributed by atoms with van der Waals surface area (Å²) in [6, 6.07) is 89.0. The van der Waals surface area contributed by atoms with Gasteiger partial charge in [-0.05, 0) is 127 Å². The van der Waals surface area contributed by atoms with E-state index in [1.807, 2.05) is 6.07 Å². The number of hydrogen-bond donors (Lipinski definition) is 0. The molecule has 0 bridgehead atoms. The molecule has 0 saturated heterocycles. The van der Waals surface area contributed by atoms with E-state index in [0.29, 0.717) is 0 Å². The lowest BCUT2D eigenvalue weighted by Crippen LogP contribution is -2.16. The molecule has 11 aromatic carbocycles. The molecule has 2 heterocycles. The van der Waals surface area contributed by atoms with Crippen molar-refractivity contribution in [2.45, 2.75) is 52.4 Å². The number of aromatic nitrogens is 1. The van der Waals surface area contributed by atoms with Crippen LogP contribution in [-0.4, -0.2) is 4.57 Å². The van der Waals surface area contributed by atoms with Gasteiger partial charge < -0.3 is 13.9 Å². The van der Waals surface area contributed by atoms with Crippen molar-refractivity contribution in [3.05, 3.63) is 254 Å². The zero-order valence-corrected chi connectivity index (χ0v) is 43.4. The van der Waals surface area contributed by atoms with Crippen molar-refractivity contribution < 1.29 is 4.42 Å². The Morgan fingerprint density at radius 1 is 0.360 bits per heavy atom. The molecule has 0 radical (unpaired) electrons. The van der Waals surface area contributed by atoms with Crippen molar-refractivity contribution >= 4 is 71.6 Å². The van der Waals surface area contributed by atoms with Gasteiger partial charge in [0.25, 0.3) is 0 Å². The number of anilines is 3. The highest BCUT2D eigenvalue weighted by Crippen LogP contribution is 2.47. The molecule has 0 fully saturated rings. The van der Waals surface area contributed by atoms with Crippen molar-refractivity contribution in [2.75, 3.05) is 4.90 Å². The van der Waals surface area contributed by atoms with E-state index in [2.05, 4.69) is 288 Å². The lowest BCUT2D eigenvalue weighted by Gasteiger charge is -2.29. The average Bonchev–Trinajstić information content (AvgIpc) is 4.00. The van der Waals surface area contributed by atoms with Gasteiger partial charge in [0.2, 0.25) is 0 Å². The second-order valence-electron chi connectivity index (χ2n) is 22.1. The van der Waals surface area contributed by atoms with Crippen molar-refractivity contribution in [3.63, 3.8) is 0 Å². The first-order valence-electron chi connectivity index (χ1n) is 26.2. The molecule has 0 aliphatic carbocycles. The van der Waals surface area contributed by atoms with Gasteiger partial charge in [-0.2, -0.15) is 0 Å². The van der Waals surface area contributed by atoms with E-state index >= 15 is 0 Å². The van der Waals surface area contributed by atoms with Crippen LogP contribution in [-0.2, 0) is 10.8 Å². The van der Waals surface area contributed by atoms with Crippen LogP contribution in [0.25, 0.3) is 105 Å². The molecule has 2 aromatic heterocycles. The van der Waals surface area contributed by atoms with Gasteiger partial charge in [-0.3, -0.25) is 0 Å². The van der Waals surface area contributed by atoms with Crippen LogP contribution in [0.15, 0.2) is 247 Å². The van der Waals surface area contributed by atoms with Crippen LogP contribution >= 0.6 is 0 Å². The van der Waals surface area contributed by atoms with Gasteiger partial charge >= 0.3 is 0 Å². The number of rotatable bonds is 8. The largest absolute Gasteiger partial charge is 0.455 e. The minimum absolute atomic E-state index is 0.0201. The van der Waals surface area contributed by atoms with Crippen molar-refractivity contribution in [1.82, 2.24) is 4.57 Å². The molecule has 0 spiro atoms. The molecule has 0 saturated carbocycles. The molecule has 0 unspecified atom stereocenters. The van der Waals surface area contributed by atoms with E-state index in [-0.39, 0.29) is 10.8 Å². The first kappa shape index (κ1) is 45.9. The second kappa shape index (κ2) is 17.9. The Bertz CT molecular complexity index is 4260. The van der Waals surface area contributed by atoms with Crippen LogP contribution in [0.2, 0.25) is 0 Å². The second-order valence-corrected chi connectivity index (χ2v) is 22.1. The summed E-state index contributed by atoms with van der Waals surface area (Å²) < 4.78 is 8.94. The fourth-order valence-electron chi connectivity index (χ4n) is 11.4. The Balaban J connectivity index is 0.992. The Kier molecular flexibility index (Phi) is 11.0. The predicted octanol–water partition coefficient (Wildman–Crippen LogP) is 20.6. The number of hydrogen-bond acceptors (Lipinski definition) is 2. The van der Waals surface area contributed by atoms with E-state index in [1.165, 1.54) is 66.0 Å². The van der Waals surface area contributed by atoms with Gasteiger partial charge in [0.15, 0.2) is 0 Å². The maximum Gasteiger partial charge on any atom is 0.143 e. The third-order valence-corrected chi connectivity index (χ3v) is 15.3. The van der Waals surface area contributed by atoms with Crippen molar-refractivity contribution in [1.29, 1.82) is 0 Å². The summed E-state index contributed by atoms with van der Waals surface area (Å²) >= 11 is 0. The smallest absolute Gasteiger partial charge is 0.143 e. The van der Waals surface area contributed by atoms with Gasteiger partial charge in [-0.25, -0.2) is 0 Å². The van der Waals surface area contributed by atoms with Gasteiger partial charge in [0.05, 0.1) is 16.7 Å². The molecular weight excluding hydrogens is 909 g/mol. The third kappa shape index (κ3) is 7.99. The summed E-state index contributed by atoms with van der Waals surface area (Å²) in [5.74, 6) is 0. The molecule has 0 N–H and O–H groups in total. The minimum Gasteiger partial charge on any atom is -0.455 e. The van der Waals surface area contributed by atoms with E-state index in [0.717, 1.165) is 66.9 Å². The van der Waals surface area contributed by atoms with Gasteiger partial charge in [-0.1, -0.05) is 224 Å². The lowest BCUT2D eigenvalue weighted by atomic mass is 9.78. The van der Waals surface area contributed by atoms with E-state index in [4.69, 9.17) is 4.42 Å². The standard InChI is InChI=1S/C72H58N2O/c1-71(2,3)51-44-50(45-52(46-51)72(4,5)6)57-27-16-20-49-21-17-30-61(68(49)57)59-24-10-13-32-64(59)73(55-42-38-48(39-43-55)58-29-18-31-62-60-25-12-15-35-67(60)75-70(58)62)54-40-36-47(37-41-54)56-28-19-34-66-69(56)63-26-11-14-33-65(63)74(66)53-22-8-7-9-23-53/h7-46H,1-6H3. The molecular formula is C72H58N2O. The molecule has 13 rings (SSSR count). The Morgan fingerprint density at radius 2 is 0.867 bits per heavy atom. The van der Waals surface area contributed by atoms with Crippen molar-refractivity contribution in [3.8, 4) is 50.2 Å². The lowest BCUT2D eigenvalue weighted by molar-refractivity contribution is 0.569. The monoisotopic (exact) mass is 966 g/mol. The number of furan rings is 1. The summed E-state index contributed by atoms with van der Waals surface area (Å²) in [7, 11) is 0. The minimum atomic E-state index is -0.0201.